The van der Waals surface area contributed by atoms with Gasteiger partial charge in [0.2, 0.25) is 0 Å². The van der Waals surface area contributed by atoms with E-state index in [0.29, 0.717) is 12.8 Å². The van der Waals surface area contributed by atoms with Crippen LogP contribution in [0.2, 0.25) is 0 Å². The number of aliphatic hydroxyl groups excluding tert-OH is 1. The van der Waals surface area contributed by atoms with Gasteiger partial charge in [0, 0.05) is 6.42 Å². The Kier molecular flexibility index (Phi) is 16.7. The van der Waals surface area contributed by atoms with Crippen LogP contribution in [0.25, 0.3) is 0 Å². The fourth-order valence-electron chi connectivity index (χ4n) is 1.87. The third-order valence-electron chi connectivity index (χ3n) is 3.20. The molecule has 0 amide bonds. The predicted molar refractivity (Wildman–Crippen MR) is 106 cm³/mol. The monoisotopic (exact) mass is 344 g/mol. The van der Waals surface area contributed by atoms with Gasteiger partial charge in [-0.2, -0.15) is 0 Å². The molecule has 0 unspecified atom stereocenters. The van der Waals surface area contributed by atoms with Gasteiger partial charge >= 0.3 is 5.97 Å². The van der Waals surface area contributed by atoms with Crippen LogP contribution >= 0.6 is 0 Å². The minimum absolute atomic E-state index is 0.172. The standard InChI is InChI=1S/C22H32O3/c1-2-3-4-5-6-7-9-12-15-18-21(23)19-16-13-10-8-11-14-17-20-22(24)25/h3-4,6-7,10-16,19,21,23H,2,5,8-9,17-18,20H2,1H3,(H,24,25)/b4-3-,7-6-,13-10-,14-11-,15-12-,19-16+/t21-/m0/s1. The third-order valence-corrected chi connectivity index (χ3v) is 3.20. The van der Waals surface area contributed by atoms with Crippen molar-refractivity contribution in [3.63, 3.8) is 0 Å². The van der Waals surface area contributed by atoms with Crippen molar-refractivity contribution >= 4 is 5.97 Å². The highest BCUT2D eigenvalue weighted by molar-refractivity contribution is 5.66. The molecule has 25 heavy (non-hydrogen) atoms. The molecule has 2 N–H and O–H groups in total. The molecule has 0 fully saturated rings. The largest absolute Gasteiger partial charge is 0.481 e. The van der Waals surface area contributed by atoms with Crippen LogP contribution in [0.3, 0.4) is 0 Å². The van der Waals surface area contributed by atoms with Crippen molar-refractivity contribution in [3.05, 3.63) is 72.9 Å². The molecule has 0 bridgehead atoms. The Morgan fingerprint density at radius 3 is 2.12 bits per heavy atom. The Morgan fingerprint density at radius 1 is 0.840 bits per heavy atom. The van der Waals surface area contributed by atoms with Crippen molar-refractivity contribution in [2.24, 2.45) is 0 Å². The molecule has 138 valence electrons. The lowest BCUT2D eigenvalue weighted by molar-refractivity contribution is -0.136. The highest BCUT2D eigenvalue weighted by Gasteiger charge is 1.92. The summed E-state index contributed by atoms with van der Waals surface area (Å²) in [6.07, 6.45) is 28.5. The van der Waals surface area contributed by atoms with E-state index in [1.54, 1.807) is 6.08 Å². The fraction of sp³-hybridized carbons (Fsp3) is 0.409. The van der Waals surface area contributed by atoms with Gasteiger partial charge < -0.3 is 10.2 Å². The number of rotatable bonds is 14. The van der Waals surface area contributed by atoms with Gasteiger partial charge in [0.15, 0.2) is 0 Å². The lowest BCUT2D eigenvalue weighted by Gasteiger charge is -1.98. The fourth-order valence-corrected chi connectivity index (χ4v) is 1.87. The molecule has 0 heterocycles. The number of hydrogen-bond acceptors (Lipinski definition) is 2. The zero-order chi connectivity index (χ0) is 18.6. The SMILES string of the molecule is CC/C=C\C/C=C\C/C=C\C[C@H](O)/C=C/C=C\C/C=C\CCC(=O)O. The first-order valence-corrected chi connectivity index (χ1v) is 9.00. The minimum atomic E-state index is -0.772. The van der Waals surface area contributed by atoms with Crippen LogP contribution < -0.4 is 0 Å². The zero-order valence-corrected chi connectivity index (χ0v) is 15.3. The molecule has 3 heteroatoms. The highest BCUT2D eigenvalue weighted by Crippen LogP contribution is 1.99. The Labute approximate surface area is 152 Å². The van der Waals surface area contributed by atoms with Gasteiger partial charge in [-0.3, -0.25) is 4.79 Å². The normalized spacial score (nSPS) is 14.3. The molecule has 0 spiro atoms. The molecule has 0 aromatic carbocycles. The van der Waals surface area contributed by atoms with E-state index in [1.165, 1.54) is 0 Å². The molecule has 1 atom stereocenters. The first kappa shape index (κ1) is 22.9. The van der Waals surface area contributed by atoms with E-state index in [-0.39, 0.29) is 6.42 Å². The number of aliphatic hydroxyl groups is 1. The van der Waals surface area contributed by atoms with Crippen molar-refractivity contribution in [2.75, 3.05) is 0 Å². The summed E-state index contributed by atoms with van der Waals surface area (Å²) in [5.41, 5.74) is 0. The third kappa shape index (κ3) is 19.8. The summed E-state index contributed by atoms with van der Waals surface area (Å²) in [6, 6.07) is 0. The molecule has 0 aliphatic heterocycles. The number of allylic oxidation sites excluding steroid dienone is 10. The summed E-state index contributed by atoms with van der Waals surface area (Å²) in [7, 11) is 0. The summed E-state index contributed by atoms with van der Waals surface area (Å²) in [6.45, 7) is 2.13. The Balaban J connectivity index is 3.73. The number of hydrogen-bond donors (Lipinski definition) is 2. The van der Waals surface area contributed by atoms with Crippen LogP contribution in [0.1, 0.15) is 51.9 Å². The molecule has 0 radical (unpaired) electrons. The first-order chi connectivity index (χ1) is 12.2. The molecule has 0 aliphatic rings. The maximum Gasteiger partial charge on any atom is 0.303 e. The number of aliphatic carboxylic acids is 1. The molecule has 0 aliphatic carbocycles. The van der Waals surface area contributed by atoms with Gasteiger partial charge in [0.25, 0.3) is 0 Å². The second kappa shape index (κ2) is 18.2. The van der Waals surface area contributed by atoms with Crippen LogP contribution in [0.4, 0.5) is 0 Å². The van der Waals surface area contributed by atoms with Gasteiger partial charge in [0.1, 0.15) is 0 Å². The minimum Gasteiger partial charge on any atom is -0.481 e. The van der Waals surface area contributed by atoms with E-state index in [1.807, 2.05) is 36.5 Å². The molecule has 0 aromatic heterocycles. The first-order valence-electron chi connectivity index (χ1n) is 9.00. The van der Waals surface area contributed by atoms with Gasteiger partial charge in [-0.25, -0.2) is 0 Å². The number of carboxylic acids is 1. The maximum atomic E-state index is 10.3. The lowest BCUT2D eigenvalue weighted by atomic mass is 10.2. The van der Waals surface area contributed by atoms with Gasteiger partial charge in [-0.05, 0) is 38.5 Å². The van der Waals surface area contributed by atoms with E-state index >= 15 is 0 Å². The average molecular weight is 344 g/mol. The van der Waals surface area contributed by atoms with Crippen LogP contribution in [0.15, 0.2) is 72.9 Å². The molecule has 0 saturated carbocycles. The van der Waals surface area contributed by atoms with E-state index in [9.17, 15) is 9.90 Å². The topological polar surface area (TPSA) is 57.5 Å². The molecular formula is C22H32O3. The van der Waals surface area contributed by atoms with Crippen molar-refractivity contribution in [2.45, 2.75) is 58.0 Å². The predicted octanol–water partition coefficient (Wildman–Crippen LogP) is 5.52. The zero-order valence-electron chi connectivity index (χ0n) is 15.3. The van der Waals surface area contributed by atoms with Crippen LogP contribution in [-0.4, -0.2) is 22.3 Å². The molecule has 3 nitrogen and oxygen atoms in total. The molecule has 0 aromatic rings. The summed E-state index contributed by atoms with van der Waals surface area (Å²) in [4.78, 5) is 10.3. The van der Waals surface area contributed by atoms with Crippen molar-refractivity contribution < 1.29 is 15.0 Å². The number of carboxylic acid groups (broad SMARTS) is 1. The van der Waals surface area contributed by atoms with E-state index in [2.05, 4.69) is 37.3 Å². The van der Waals surface area contributed by atoms with Crippen molar-refractivity contribution in [1.29, 1.82) is 0 Å². The Morgan fingerprint density at radius 2 is 1.44 bits per heavy atom. The lowest BCUT2D eigenvalue weighted by Crippen LogP contribution is -1.98. The van der Waals surface area contributed by atoms with E-state index in [4.69, 9.17) is 5.11 Å². The van der Waals surface area contributed by atoms with Crippen molar-refractivity contribution in [1.82, 2.24) is 0 Å². The van der Waals surface area contributed by atoms with Gasteiger partial charge in [-0.15, -0.1) is 0 Å². The smallest absolute Gasteiger partial charge is 0.303 e. The maximum absolute atomic E-state index is 10.3. The quantitative estimate of drug-likeness (QED) is 0.322. The van der Waals surface area contributed by atoms with Crippen molar-refractivity contribution in [3.8, 4) is 0 Å². The molecule has 0 rings (SSSR count). The summed E-state index contributed by atoms with van der Waals surface area (Å²) >= 11 is 0. The average Bonchev–Trinajstić information content (AvgIpc) is 2.58. The molecular weight excluding hydrogens is 312 g/mol. The van der Waals surface area contributed by atoms with E-state index in [0.717, 1.165) is 25.7 Å². The van der Waals surface area contributed by atoms with Crippen LogP contribution in [0.5, 0.6) is 0 Å². The molecule has 0 saturated heterocycles. The summed E-state index contributed by atoms with van der Waals surface area (Å²) in [5.74, 6) is -0.772. The highest BCUT2D eigenvalue weighted by atomic mass is 16.4. The van der Waals surface area contributed by atoms with Gasteiger partial charge in [-0.1, -0.05) is 79.8 Å². The summed E-state index contributed by atoms with van der Waals surface area (Å²) in [5, 5.41) is 18.3. The second-order valence-electron chi connectivity index (χ2n) is 5.55. The summed E-state index contributed by atoms with van der Waals surface area (Å²) < 4.78 is 0. The van der Waals surface area contributed by atoms with Gasteiger partial charge in [0.05, 0.1) is 6.10 Å². The van der Waals surface area contributed by atoms with Crippen LogP contribution in [0, 0.1) is 0 Å². The van der Waals surface area contributed by atoms with Crippen LogP contribution in [-0.2, 0) is 4.79 Å². The Bertz CT molecular complexity index is 493. The Hall–Kier alpha value is -2.13. The second-order valence-corrected chi connectivity index (χ2v) is 5.55. The van der Waals surface area contributed by atoms with E-state index < -0.39 is 12.1 Å². The number of carbonyl (C=O) groups is 1.